The van der Waals surface area contributed by atoms with Gasteiger partial charge in [0.25, 0.3) is 5.91 Å². The van der Waals surface area contributed by atoms with Crippen molar-refractivity contribution in [2.45, 2.75) is 58.9 Å². The predicted molar refractivity (Wildman–Crippen MR) is 97.8 cm³/mol. The number of H-pyrrole nitrogens is 1. The molecular formula is C19H31N3O3. The second-order valence-electron chi connectivity index (χ2n) is 6.78. The van der Waals surface area contributed by atoms with Crippen LogP contribution in [0.5, 0.6) is 0 Å². The monoisotopic (exact) mass is 349 g/mol. The van der Waals surface area contributed by atoms with Crippen molar-refractivity contribution in [2.75, 3.05) is 26.7 Å². The summed E-state index contributed by atoms with van der Waals surface area (Å²) in [5.74, 6) is -0.145. The molecule has 140 valence electrons. The number of aromatic amines is 1. The molecular weight excluding hydrogens is 318 g/mol. The van der Waals surface area contributed by atoms with Crippen molar-refractivity contribution < 1.29 is 14.3 Å². The molecule has 1 saturated heterocycles. The Balaban J connectivity index is 2.20. The summed E-state index contributed by atoms with van der Waals surface area (Å²) < 4.78 is 4.73. The van der Waals surface area contributed by atoms with Crippen LogP contribution in [0.2, 0.25) is 0 Å². The molecule has 0 bridgehead atoms. The van der Waals surface area contributed by atoms with E-state index in [0.29, 0.717) is 24.6 Å². The molecule has 2 N–H and O–H groups in total. The summed E-state index contributed by atoms with van der Waals surface area (Å²) in [5, 5.41) is 3.36. The normalized spacial score (nSPS) is 15.2. The summed E-state index contributed by atoms with van der Waals surface area (Å²) in [6, 6.07) is 0.301. The van der Waals surface area contributed by atoms with Crippen LogP contribution in [-0.4, -0.2) is 54.5 Å². The number of nitrogens with one attached hydrogen (secondary N) is 2. The zero-order valence-electron chi connectivity index (χ0n) is 15.9. The number of nitrogens with zero attached hydrogens (tertiary/aromatic N) is 1. The fourth-order valence-corrected chi connectivity index (χ4v) is 3.66. The Morgan fingerprint density at radius 1 is 1.24 bits per heavy atom. The Hall–Kier alpha value is -1.82. The summed E-state index contributed by atoms with van der Waals surface area (Å²) >= 11 is 0. The Labute approximate surface area is 150 Å². The van der Waals surface area contributed by atoms with E-state index in [1.165, 1.54) is 7.11 Å². The van der Waals surface area contributed by atoms with Gasteiger partial charge in [-0.3, -0.25) is 9.59 Å². The number of ether oxygens (including phenoxy) is 1. The Morgan fingerprint density at radius 3 is 2.52 bits per heavy atom. The highest BCUT2D eigenvalue weighted by Crippen LogP contribution is 2.23. The molecule has 0 radical (unpaired) electrons. The van der Waals surface area contributed by atoms with Crippen molar-refractivity contribution in [3.8, 4) is 0 Å². The van der Waals surface area contributed by atoms with Crippen LogP contribution >= 0.6 is 0 Å². The molecule has 1 aliphatic heterocycles. The van der Waals surface area contributed by atoms with Gasteiger partial charge in [0, 0.05) is 24.7 Å². The van der Waals surface area contributed by atoms with E-state index >= 15 is 0 Å². The number of carbonyl (C=O) groups is 2. The number of aromatic nitrogens is 1. The summed E-state index contributed by atoms with van der Waals surface area (Å²) in [7, 11) is 1.40. The number of esters is 1. The third-order valence-electron chi connectivity index (χ3n) is 5.09. The topological polar surface area (TPSA) is 74.4 Å². The van der Waals surface area contributed by atoms with Gasteiger partial charge in [-0.25, -0.2) is 0 Å². The van der Waals surface area contributed by atoms with Crippen molar-refractivity contribution in [3.05, 3.63) is 22.5 Å². The molecule has 0 atom stereocenters. The molecule has 0 spiro atoms. The second-order valence-corrected chi connectivity index (χ2v) is 6.78. The Bertz CT molecular complexity index is 603. The summed E-state index contributed by atoms with van der Waals surface area (Å²) in [4.78, 5) is 29.9. The summed E-state index contributed by atoms with van der Waals surface area (Å²) in [5.41, 5.74) is 3.65. The van der Waals surface area contributed by atoms with Crippen LogP contribution < -0.4 is 5.32 Å². The molecule has 1 amide bonds. The van der Waals surface area contributed by atoms with Crippen LogP contribution in [0.4, 0.5) is 0 Å². The first-order valence-corrected chi connectivity index (χ1v) is 9.26. The number of rotatable bonds is 7. The minimum Gasteiger partial charge on any atom is -0.469 e. The maximum absolute atomic E-state index is 13.2. The van der Waals surface area contributed by atoms with Gasteiger partial charge in [-0.05, 0) is 63.7 Å². The first-order chi connectivity index (χ1) is 12.0. The van der Waals surface area contributed by atoms with Crippen molar-refractivity contribution in [1.82, 2.24) is 15.2 Å². The van der Waals surface area contributed by atoms with Gasteiger partial charge in [0.05, 0.1) is 7.11 Å². The van der Waals surface area contributed by atoms with E-state index in [0.717, 1.165) is 55.7 Å². The van der Waals surface area contributed by atoms with E-state index in [1.54, 1.807) is 0 Å². The maximum atomic E-state index is 13.2. The molecule has 6 nitrogen and oxygen atoms in total. The van der Waals surface area contributed by atoms with Gasteiger partial charge in [0.1, 0.15) is 5.69 Å². The van der Waals surface area contributed by atoms with Gasteiger partial charge in [-0.1, -0.05) is 6.92 Å². The molecule has 2 heterocycles. The second kappa shape index (κ2) is 9.04. The fraction of sp³-hybridized carbons (Fsp3) is 0.684. The van der Waals surface area contributed by atoms with E-state index in [-0.39, 0.29) is 11.9 Å². The first-order valence-electron chi connectivity index (χ1n) is 9.26. The first kappa shape index (κ1) is 19.5. The molecule has 2 rings (SSSR count). The quantitative estimate of drug-likeness (QED) is 0.741. The summed E-state index contributed by atoms with van der Waals surface area (Å²) in [6.07, 6.45) is 3.87. The molecule has 1 fully saturated rings. The lowest BCUT2D eigenvalue weighted by Gasteiger charge is -2.34. The van der Waals surface area contributed by atoms with Gasteiger partial charge in [0.15, 0.2) is 0 Å². The number of hydrogen-bond acceptors (Lipinski definition) is 4. The zero-order valence-corrected chi connectivity index (χ0v) is 15.9. The smallest absolute Gasteiger partial charge is 0.305 e. The molecule has 1 aromatic heterocycles. The average molecular weight is 349 g/mol. The van der Waals surface area contributed by atoms with Crippen molar-refractivity contribution >= 4 is 11.9 Å². The molecule has 1 aromatic rings. The van der Waals surface area contributed by atoms with Gasteiger partial charge < -0.3 is 19.9 Å². The van der Waals surface area contributed by atoms with Crippen molar-refractivity contribution in [2.24, 2.45) is 0 Å². The van der Waals surface area contributed by atoms with E-state index in [9.17, 15) is 9.59 Å². The lowest BCUT2D eigenvalue weighted by molar-refractivity contribution is -0.140. The Morgan fingerprint density at radius 2 is 1.92 bits per heavy atom. The standard InChI is InChI=1S/C19H31N3O3/c1-5-12-22(15-8-10-20-11-9-15)19(24)18-13(2)16(14(3)21-18)6-7-17(23)25-4/h15,20-21H,5-12H2,1-4H3. The fourth-order valence-electron chi connectivity index (χ4n) is 3.66. The van der Waals surface area contributed by atoms with E-state index in [1.807, 2.05) is 18.7 Å². The van der Waals surface area contributed by atoms with Crippen LogP contribution in [0.15, 0.2) is 0 Å². The molecule has 6 heteroatoms. The zero-order chi connectivity index (χ0) is 18.4. The van der Waals surface area contributed by atoms with E-state index < -0.39 is 0 Å². The number of amides is 1. The third-order valence-corrected chi connectivity index (χ3v) is 5.09. The highest BCUT2D eigenvalue weighted by molar-refractivity contribution is 5.94. The third kappa shape index (κ3) is 4.63. The van der Waals surface area contributed by atoms with Crippen LogP contribution in [0.25, 0.3) is 0 Å². The number of carbonyl (C=O) groups excluding carboxylic acids is 2. The van der Waals surface area contributed by atoms with Crippen molar-refractivity contribution in [3.63, 3.8) is 0 Å². The van der Waals surface area contributed by atoms with Crippen LogP contribution in [0.3, 0.4) is 0 Å². The molecule has 0 saturated carbocycles. The van der Waals surface area contributed by atoms with E-state index in [2.05, 4.69) is 17.2 Å². The molecule has 0 unspecified atom stereocenters. The van der Waals surface area contributed by atoms with Crippen LogP contribution in [0, 0.1) is 13.8 Å². The van der Waals surface area contributed by atoms with Gasteiger partial charge in [-0.2, -0.15) is 0 Å². The SMILES string of the molecule is CCCN(C(=O)c1[nH]c(C)c(CCC(=O)OC)c1C)C1CCNCC1. The minimum atomic E-state index is -0.227. The highest BCUT2D eigenvalue weighted by atomic mass is 16.5. The Kier molecular flexibility index (Phi) is 7.05. The average Bonchev–Trinajstić information content (AvgIpc) is 2.91. The largest absolute Gasteiger partial charge is 0.469 e. The molecule has 0 aliphatic carbocycles. The number of aryl methyl sites for hydroxylation is 1. The summed E-state index contributed by atoms with van der Waals surface area (Å²) in [6.45, 7) is 8.74. The van der Waals surface area contributed by atoms with E-state index in [4.69, 9.17) is 4.74 Å². The maximum Gasteiger partial charge on any atom is 0.305 e. The minimum absolute atomic E-state index is 0.0821. The highest BCUT2D eigenvalue weighted by Gasteiger charge is 2.28. The predicted octanol–water partition coefficient (Wildman–Crippen LogP) is 2.34. The van der Waals surface area contributed by atoms with Gasteiger partial charge in [-0.15, -0.1) is 0 Å². The van der Waals surface area contributed by atoms with Crippen LogP contribution in [-0.2, 0) is 16.0 Å². The van der Waals surface area contributed by atoms with Gasteiger partial charge in [0.2, 0.25) is 0 Å². The number of methoxy groups -OCH3 is 1. The number of piperidine rings is 1. The number of hydrogen-bond donors (Lipinski definition) is 2. The lowest BCUT2D eigenvalue weighted by atomic mass is 10.0. The molecule has 25 heavy (non-hydrogen) atoms. The van der Waals surface area contributed by atoms with Gasteiger partial charge >= 0.3 is 5.97 Å². The van der Waals surface area contributed by atoms with Crippen LogP contribution in [0.1, 0.15) is 59.9 Å². The molecule has 0 aromatic carbocycles. The van der Waals surface area contributed by atoms with Crippen molar-refractivity contribution in [1.29, 1.82) is 0 Å². The molecule has 1 aliphatic rings. The lowest BCUT2D eigenvalue weighted by Crippen LogP contribution is -2.46.